The lowest BCUT2D eigenvalue weighted by Crippen LogP contribution is -2.32. The van der Waals surface area contributed by atoms with Crippen molar-refractivity contribution in [3.05, 3.63) is 47.7 Å². The van der Waals surface area contributed by atoms with Crippen LogP contribution in [0.5, 0.6) is 0 Å². The van der Waals surface area contributed by atoms with Crippen LogP contribution < -0.4 is 0 Å². The quantitative estimate of drug-likeness (QED) is 0.897. The molecule has 1 fully saturated rings. The Kier molecular flexibility index (Phi) is 3.57. The van der Waals surface area contributed by atoms with Crippen molar-refractivity contribution >= 4 is 22.0 Å². The number of aromatic amines is 1. The van der Waals surface area contributed by atoms with Crippen molar-refractivity contribution in [3.63, 3.8) is 0 Å². The van der Waals surface area contributed by atoms with Crippen LogP contribution in [0, 0.1) is 0 Å². The molecule has 3 aliphatic heterocycles. The van der Waals surface area contributed by atoms with Gasteiger partial charge >= 0.3 is 0 Å². The third-order valence-electron chi connectivity index (χ3n) is 5.84. The van der Waals surface area contributed by atoms with E-state index in [0.717, 1.165) is 19.6 Å². The SMILES string of the molecule is C1=C(c2ccc3[nH]cc(C4=C[C@H]5CCCN5CC4)c3c2)CCOC1. The monoisotopic (exact) mass is 320 g/mol. The molecule has 1 saturated heterocycles. The summed E-state index contributed by atoms with van der Waals surface area (Å²) in [6.07, 6.45) is 11.8. The van der Waals surface area contributed by atoms with Gasteiger partial charge in [-0.1, -0.05) is 18.2 Å². The molecular weight excluding hydrogens is 296 g/mol. The number of nitrogens with one attached hydrogen (secondary N) is 1. The van der Waals surface area contributed by atoms with E-state index in [1.165, 1.54) is 65.5 Å². The summed E-state index contributed by atoms with van der Waals surface area (Å²) in [7, 11) is 0. The number of hydrogen-bond donors (Lipinski definition) is 1. The van der Waals surface area contributed by atoms with Crippen molar-refractivity contribution < 1.29 is 4.74 Å². The number of hydrogen-bond acceptors (Lipinski definition) is 2. The topological polar surface area (TPSA) is 28.3 Å². The van der Waals surface area contributed by atoms with Crippen LogP contribution in [0.3, 0.4) is 0 Å². The standard InChI is InChI=1S/C21H24N2O/c1-2-18-12-17(5-9-23(18)8-1)20-14-22-21-4-3-16(13-19(20)21)15-6-10-24-11-7-15/h3-4,6,12-14,18,22H,1-2,5,7-11H2/t18-/m1/s1. The van der Waals surface area contributed by atoms with Gasteiger partial charge in [0.15, 0.2) is 0 Å². The normalized spacial score (nSPS) is 24.8. The Morgan fingerprint density at radius 1 is 1.12 bits per heavy atom. The summed E-state index contributed by atoms with van der Waals surface area (Å²) in [6, 6.07) is 7.52. The smallest absolute Gasteiger partial charge is 0.0653 e. The van der Waals surface area contributed by atoms with Crippen LogP contribution in [0.25, 0.3) is 22.0 Å². The molecule has 0 unspecified atom stereocenters. The molecule has 0 aliphatic carbocycles. The van der Waals surface area contributed by atoms with E-state index in [9.17, 15) is 0 Å². The van der Waals surface area contributed by atoms with E-state index in [1.807, 2.05) is 0 Å². The first-order valence-corrected chi connectivity index (χ1v) is 9.22. The Labute approximate surface area is 143 Å². The van der Waals surface area contributed by atoms with Crippen LogP contribution in [0.15, 0.2) is 36.5 Å². The number of ether oxygens (including phenoxy) is 1. The van der Waals surface area contributed by atoms with Crippen molar-refractivity contribution in [2.24, 2.45) is 0 Å². The molecule has 124 valence electrons. The van der Waals surface area contributed by atoms with Crippen LogP contribution in [-0.4, -0.2) is 42.2 Å². The van der Waals surface area contributed by atoms with Gasteiger partial charge < -0.3 is 9.72 Å². The van der Waals surface area contributed by atoms with E-state index in [4.69, 9.17) is 4.74 Å². The molecule has 24 heavy (non-hydrogen) atoms. The number of rotatable bonds is 2. The third-order valence-corrected chi connectivity index (χ3v) is 5.84. The van der Waals surface area contributed by atoms with Crippen LogP contribution >= 0.6 is 0 Å². The van der Waals surface area contributed by atoms with E-state index in [2.05, 4.69) is 46.4 Å². The lowest BCUT2D eigenvalue weighted by molar-refractivity contribution is 0.161. The zero-order valence-electron chi connectivity index (χ0n) is 14.1. The zero-order valence-corrected chi connectivity index (χ0v) is 14.1. The van der Waals surface area contributed by atoms with Gasteiger partial charge in [0.25, 0.3) is 0 Å². The number of H-pyrrole nitrogens is 1. The molecule has 1 aromatic carbocycles. The maximum atomic E-state index is 5.46. The fraction of sp³-hybridized carbons (Fsp3) is 0.429. The average Bonchev–Trinajstić information content (AvgIpc) is 3.27. The molecule has 4 heterocycles. The minimum Gasteiger partial charge on any atom is -0.377 e. The van der Waals surface area contributed by atoms with Gasteiger partial charge in [0.2, 0.25) is 0 Å². The first-order chi connectivity index (χ1) is 11.9. The molecule has 3 heteroatoms. The van der Waals surface area contributed by atoms with Crippen LogP contribution in [0.1, 0.15) is 36.8 Å². The molecule has 0 saturated carbocycles. The lowest BCUT2D eigenvalue weighted by Gasteiger charge is -2.28. The number of fused-ring (bicyclic) bond motifs is 2. The van der Waals surface area contributed by atoms with Gasteiger partial charge in [-0.25, -0.2) is 0 Å². The predicted molar refractivity (Wildman–Crippen MR) is 98.9 cm³/mol. The number of benzene rings is 1. The molecule has 1 N–H and O–H groups in total. The molecule has 3 nitrogen and oxygen atoms in total. The Morgan fingerprint density at radius 2 is 2.12 bits per heavy atom. The zero-order chi connectivity index (χ0) is 15.9. The summed E-state index contributed by atoms with van der Waals surface area (Å²) < 4.78 is 5.46. The highest BCUT2D eigenvalue weighted by Gasteiger charge is 2.27. The van der Waals surface area contributed by atoms with Gasteiger partial charge in [0.1, 0.15) is 0 Å². The van der Waals surface area contributed by atoms with Gasteiger partial charge in [-0.05, 0) is 61.1 Å². The second-order valence-corrected chi connectivity index (χ2v) is 7.20. The molecular formula is C21H24N2O. The maximum absolute atomic E-state index is 5.46. The van der Waals surface area contributed by atoms with Crippen molar-refractivity contribution in [1.82, 2.24) is 9.88 Å². The Balaban J connectivity index is 1.55. The molecule has 1 aromatic heterocycles. The fourth-order valence-electron chi connectivity index (χ4n) is 4.50. The first kappa shape index (κ1) is 14.5. The lowest BCUT2D eigenvalue weighted by atomic mass is 9.93. The maximum Gasteiger partial charge on any atom is 0.0653 e. The Bertz CT molecular complexity index is 829. The van der Waals surface area contributed by atoms with Crippen molar-refractivity contribution in [1.29, 1.82) is 0 Å². The van der Waals surface area contributed by atoms with Gasteiger partial charge in [0, 0.05) is 35.2 Å². The van der Waals surface area contributed by atoms with Gasteiger partial charge in [-0.2, -0.15) is 0 Å². The molecule has 0 radical (unpaired) electrons. The molecule has 0 amide bonds. The van der Waals surface area contributed by atoms with Gasteiger partial charge in [0.05, 0.1) is 13.2 Å². The van der Waals surface area contributed by atoms with E-state index < -0.39 is 0 Å². The average molecular weight is 320 g/mol. The molecule has 0 spiro atoms. The summed E-state index contributed by atoms with van der Waals surface area (Å²) in [5, 5.41) is 1.37. The minimum atomic E-state index is 0.667. The highest BCUT2D eigenvalue weighted by molar-refractivity contribution is 5.95. The molecule has 3 aliphatic rings. The van der Waals surface area contributed by atoms with Crippen molar-refractivity contribution in [2.75, 3.05) is 26.3 Å². The highest BCUT2D eigenvalue weighted by Crippen LogP contribution is 2.35. The first-order valence-electron chi connectivity index (χ1n) is 9.22. The molecule has 0 bridgehead atoms. The molecule has 2 aromatic rings. The van der Waals surface area contributed by atoms with Gasteiger partial charge in [-0.15, -0.1) is 0 Å². The Morgan fingerprint density at radius 3 is 3.04 bits per heavy atom. The van der Waals surface area contributed by atoms with Crippen molar-refractivity contribution in [3.8, 4) is 0 Å². The second-order valence-electron chi connectivity index (χ2n) is 7.20. The van der Waals surface area contributed by atoms with Crippen LogP contribution in [0.2, 0.25) is 0 Å². The van der Waals surface area contributed by atoms with Gasteiger partial charge in [-0.3, -0.25) is 4.90 Å². The summed E-state index contributed by atoms with van der Waals surface area (Å²) in [5.74, 6) is 0. The summed E-state index contributed by atoms with van der Waals surface area (Å²) >= 11 is 0. The Hall–Kier alpha value is -1.84. The predicted octanol–water partition coefficient (Wildman–Crippen LogP) is 4.22. The molecule has 1 atom stereocenters. The van der Waals surface area contributed by atoms with Crippen LogP contribution in [0.4, 0.5) is 0 Å². The molecule has 5 rings (SSSR count). The minimum absolute atomic E-state index is 0.667. The fourth-order valence-corrected chi connectivity index (χ4v) is 4.50. The number of aromatic nitrogens is 1. The summed E-state index contributed by atoms with van der Waals surface area (Å²) in [6.45, 7) is 4.08. The van der Waals surface area contributed by atoms with E-state index in [0.29, 0.717) is 6.04 Å². The van der Waals surface area contributed by atoms with E-state index in [1.54, 1.807) is 0 Å². The number of nitrogens with zero attached hydrogens (tertiary/aromatic N) is 1. The summed E-state index contributed by atoms with van der Waals surface area (Å²) in [5.41, 5.74) is 6.96. The second kappa shape index (κ2) is 5.91. The van der Waals surface area contributed by atoms with E-state index in [-0.39, 0.29) is 0 Å². The van der Waals surface area contributed by atoms with E-state index >= 15 is 0 Å². The largest absolute Gasteiger partial charge is 0.377 e. The van der Waals surface area contributed by atoms with Crippen molar-refractivity contribution in [2.45, 2.75) is 31.7 Å². The highest BCUT2D eigenvalue weighted by atomic mass is 16.5. The van der Waals surface area contributed by atoms with Crippen LogP contribution in [-0.2, 0) is 4.74 Å². The third kappa shape index (κ3) is 2.43. The summed E-state index contributed by atoms with van der Waals surface area (Å²) in [4.78, 5) is 6.11.